The quantitative estimate of drug-likeness (QED) is 0.487. The predicted octanol–water partition coefficient (Wildman–Crippen LogP) is 6.24. The molecule has 0 heterocycles. The largest absolute Gasteiger partial charge is 0.461 e. The average molecular weight is 471 g/mol. The van der Waals surface area contributed by atoms with E-state index in [1.165, 1.54) is 0 Å². The van der Waals surface area contributed by atoms with Crippen LogP contribution in [0.1, 0.15) is 25.8 Å². The average Bonchev–Trinajstić information content (AvgIpc) is 2.41. The fraction of sp³-hybridized carbons (Fsp3) is 0.438. The highest BCUT2D eigenvalue weighted by Gasteiger charge is 2.51. The number of allylic oxidation sites excluding steroid dienone is 1. The third kappa shape index (κ3) is 4.08. The maximum atomic E-state index is 12.3. The van der Waals surface area contributed by atoms with Gasteiger partial charge in [-0.25, -0.2) is 0 Å². The van der Waals surface area contributed by atoms with Crippen molar-refractivity contribution in [1.82, 2.24) is 0 Å². The number of benzene rings is 1. The molecule has 120 valence electrons. The summed E-state index contributed by atoms with van der Waals surface area (Å²) in [4.78, 5) is 12.3. The molecule has 0 N–H and O–H groups in total. The highest BCUT2D eigenvalue weighted by molar-refractivity contribution is 9.11. The van der Waals surface area contributed by atoms with Crippen molar-refractivity contribution >= 4 is 61.0 Å². The van der Waals surface area contributed by atoms with Crippen LogP contribution in [0.2, 0.25) is 0 Å². The minimum absolute atomic E-state index is 0.129. The van der Waals surface area contributed by atoms with Gasteiger partial charge in [-0.2, -0.15) is 0 Å². The van der Waals surface area contributed by atoms with E-state index in [0.717, 1.165) is 20.9 Å². The molecule has 6 heteroatoms. The summed E-state index contributed by atoms with van der Waals surface area (Å²) in [6.45, 7) is 4.34. The molecule has 2 unspecified atom stereocenters. The van der Waals surface area contributed by atoms with E-state index in [9.17, 15) is 4.79 Å². The van der Waals surface area contributed by atoms with Crippen LogP contribution in [0.5, 0.6) is 0 Å². The molecule has 1 aromatic rings. The summed E-state index contributed by atoms with van der Waals surface area (Å²) in [6, 6.07) is 5.77. The maximum Gasteiger partial charge on any atom is 0.309 e. The van der Waals surface area contributed by atoms with Crippen LogP contribution < -0.4 is 0 Å². The Morgan fingerprint density at radius 3 is 2.64 bits per heavy atom. The smallest absolute Gasteiger partial charge is 0.309 e. The summed E-state index contributed by atoms with van der Waals surface area (Å²) in [5, 5.41) is 0. The Morgan fingerprint density at radius 1 is 1.41 bits per heavy atom. The van der Waals surface area contributed by atoms with Crippen molar-refractivity contribution in [2.75, 3.05) is 0 Å². The number of ether oxygens (including phenoxy) is 1. The molecule has 0 amide bonds. The standard InChI is InChI=1S/C16H16Br2Cl2O2/c1-16(2)10(6-14(19)20)5-12(16)15(21)22-8-9-3-4-11(17)7-13(9)18/h3-4,6-7,10,12H,5,8H2,1-2H3. The lowest BCUT2D eigenvalue weighted by atomic mass is 9.55. The minimum Gasteiger partial charge on any atom is -0.461 e. The molecule has 1 aliphatic carbocycles. The molecule has 22 heavy (non-hydrogen) atoms. The molecule has 2 rings (SSSR count). The molecule has 1 fully saturated rings. The Kier molecular flexibility index (Phi) is 6.03. The molecule has 0 saturated heterocycles. The van der Waals surface area contributed by atoms with Crippen molar-refractivity contribution in [1.29, 1.82) is 0 Å². The van der Waals surface area contributed by atoms with Crippen LogP contribution in [-0.2, 0) is 16.1 Å². The minimum atomic E-state index is -0.191. The fourth-order valence-corrected chi connectivity index (χ4v) is 4.15. The normalized spacial score (nSPS) is 22.6. The van der Waals surface area contributed by atoms with E-state index in [-0.39, 0.29) is 34.3 Å². The number of rotatable bonds is 4. The molecule has 0 bridgehead atoms. The van der Waals surface area contributed by atoms with Gasteiger partial charge in [-0.05, 0) is 29.9 Å². The molecule has 0 spiro atoms. The van der Waals surface area contributed by atoms with E-state index in [2.05, 4.69) is 31.9 Å². The van der Waals surface area contributed by atoms with Gasteiger partial charge >= 0.3 is 5.97 Å². The van der Waals surface area contributed by atoms with Crippen molar-refractivity contribution < 1.29 is 9.53 Å². The summed E-state index contributed by atoms with van der Waals surface area (Å²) in [6.07, 6.45) is 2.52. The van der Waals surface area contributed by atoms with Gasteiger partial charge < -0.3 is 4.74 Å². The number of carbonyl (C=O) groups is 1. The van der Waals surface area contributed by atoms with Crippen LogP contribution in [-0.4, -0.2) is 5.97 Å². The SMILES string of the molecule is CC1(C)C(C=C(Cl)Cl)CC1C(=O)OCc1ccc(Br)cc1Br. The highest BCUT2D eigenvalue weighted by Crippen LogP contribution is 2.53. The van der Waals surface area contributed by atoms with Gasteiger partial charge in [-0.15, -0.1) is 0 Å². The van der Waals surface area contributed by atoms with Crippen LogP contribution >= 0.6 is 55.1 Å². The molecule has 1 saturated carbocycles. The Morgan fingerprint density at radius 2 is 2.09 bits per heavy atom. The van der Waals surface area contributed by atoms with Crippen LogP contribution in [0.4, 0.5) is 0 Å². The van der Waals surface area contributed by atoms with Crippen molar-refractivity contribution in [2.24, 2.45) is 17.3 Å². The Hall–Kier alpha value is -0.0300. The molecular formula is C16H16Br2Cl2O2. The lowest BCUT2D eigenvalue weighted by Crippen LogP contribution is -2.48. The highest BCUT2D eigenvalue weighted by atomic mass is 79.9. The number of hydrogen-bond donors (Lipinski definition) is 0. The third-order valence-corrected chi connectivity index (χ3v) is 5.82. The first-order valence-corrected chi connectivity index (χ1v) is 9.19. The number of carbonyl (C=O) groups excluding carboxylic acids is 1. The van der Waals surface area contributed by atoms with Crippen molar-refractivity contribution in [2.45, 2.75) is 26.9 Å². The van der Waals surface area contributed by atoms with Gasteiger partial charge in [0.2, 0.25) is 0 Å². The van der Waals surface area contributed by atoms with Gasteiger partial charge in [0.1, 0.15) is 11.1 Å². The summed E-state index contributed by atoms with van der Waals surface area (Å²) < 4.78 is 7.61. The second-order valence-electron chi connectivity index (χ2n) is 6.02. The predicted molar refractivity (Wildman–Crippen MR) is 96.8 cm³/mol. The van der Waals surface area contributed by atoms with Gasteiger partial charge in [-0.1, -0.05) is 81.1 Å². The van der Waals surface area contributed by atoms with Crippen molar-refractivity contribution in [3.63, 3.8) is 0 Å². The van der Waals surface area contributed by atoms with Gasteiger partial charge in [0.25, 0.3) is 0 Å². The van der Waals surface area contributed by atoms with E-state index >= 15 is 0 Å². The van der Waals surface area contributed by atoms with Crippen LogP contribution in [0.3, 0.4) is 0 Å². The van der Waals surface area contributed by atoms with Gasteiger partial charge in [0.05, 0.1) is 5.92 Å². The first kappa shape index (κ1) is 18.3. The molecule has 1 aliphatic rings. The summed E-state index contributed by atoms with van der Waals surface area (Å²) in [7, 11) is 0. The zero-order valence-corrected chi connectivity index (χ0v) is 16.9. The maximum absolute atomic E-state index is 12.3. The van der Waals surface area contributed by atoms with Crippen molar-refractivity contribution in [3.05, 3.63) is 43.3 Å². The monoisotopic (exact) mass is 468 g/mol. The van der Waals surface area contributed by atoms with Gasteiger partial charge in [-0.3, -0.25) is 4.79 Å². The van der Waals surface area contributed by atoms with Gasteiger partial charge in [0, 0.05) is 14.5 Å². The van der Waals surface area contributed by atoms with Crippen LogP contribution in [0.15, 0.2) is 37.7 Å². The van der Waals surface area contributed by atoms with Crippen LogP contribution in [0.25, 0.3) is 0 Å². The van der Waals surface area contributed by atoms with E-state index in [1.54, 1.807) is 6.08 Å². The molecule has 2 atom stereocenters. The Bertz CT molecular complexity index is 610. The first-order valence-electron chi connectivity index (χ1n) is 6.85. The third-order valence-electron chi connectivity index (χ3n) is 4.34. The lowest BCUT2D eigenvalue weighted by molar-refractivity contribution is -0.164. The zero-order valence-electron chi connectivity index (χ0n) is 12.2. The molecule has 2 nitrogen and oxygen atoms in total. The number of halogens is 4. The number of hydrogen-bond acceptors (Lipinski definition) is 2. The molecule has 0 aromatic heterocycles. The fourth-order valence-electron chi connectivity index (χ4n) is 2.68. The molecule has 1 aromatic carbocycles. The first-order chi connectivity index (χ1) is 10.2. The Balaban J connectivity index is 1.95. The molecule has 0 aliphatic heterocycles. The second-order valence-corrected chi connectivity index (χ2v) is 8.79. The van der Waals surface area contributed by atoms with E-state index in [4.69, 9.17) is 27.9 Å². The van der Waals surface area contributed by atoms with Crippen LogP contribution in [0, 0.1) is 17.3 Å². The van der Waals surface area contributed by atoms with E-state index in [0.29, 0.717) is 0 Å². The molecule has 0 radical (unpaired) electrons. The lowest BCUT2D eigenvalue weighted by Gasteiger charge is -2.49. The summed E-state index contributed by atoms with van der Waals surface area (Å²) in [5.41, 5.74) is 0.747. The van der Waals surface area contributed by atoms with Gasteiger partial charge in [0.15, 0.2) is 0 Å². The Labute approximate surface area is 157 Å². The topological polar surface area (TPSA) is 26.3 Å². The summed E-state index contributed by atoms with van der Waals surface area (Å²) in [5.74, 6) is -0.0970. The summed E-state index contributed by atoms with van der Waals surface area (Å²) >= 11 is 18.3. The zero-order chi connectivity index (χ0) is 16.5. The van der Waals surface area contributed by atoms with E-state index in [1.807, 2.05) is 32.0 Å². The van der Waals surface area contributed by atoms with Crippen molar-refractivity contribution in [3.8, 4) is 0 Å². The second kappa shape index (κ2) is 7.25. The molecular weight excluding hydrogens is 455 g/mol. The number of esters is 1. The van der Waals surface area contributed by atoms with E-state index < -0.39 is 0 Å².